The number of aliphatic carboxylic acids is 1. The number of H-pyrrole nitrogens is 1. The minimum Gasteiger partial charge on any atom is -0.507 e. The van der Waals surface area contributed by atoms with Crippen molar-refractivity contribution in [3.05, 3.63) is 99.3 Å². The van der Waals surface area contributed by atoms with Gasteiger partial charge < -0.3 is 98.8 Å². The molecule has 6 unspecified atom stereocenters. The van der Waals surface area contributed by atoms with E-state index < -0.39 is 162 Å². The number of carboxylic acids is 1. The molecule has 492 valence electrons. The number of fused-ring (bicyclic) bond motifs is 1. The third-order valence-electron chi connectivity index (χ3n) is 14.7. The molecule has 0 bridgehead atoms. The van der Waals surface area contributed by atoms with E-state index >= 15 is 9.59 Å². The van der Waals surface area contributed by atoms with Crippen LogP contribution < -0.4 is 48.3 Å². The van der Waals surface area contributed by atoms with Crippen LogP contribution in [-0.4, -0.2) is 220 Å². The summed E-state index contributed by atoms with van der Waals surface area (Å²) in [7, 11) is 1.69. The molecule has 2 aliphatic rings. The Balaban J connectivity index is 1.40. The number of aromatic hydroxyl groups is 1. The number of nitrogens with one attached hydrogen (secondary N) is 9. The van der Waals surface area contributed by atoms with Crippen molar-refractivity contribution >= 4 is 120 Å². The van der Waals surface area contributed by atoms with E-state index in [2.05, 4.69) is 47.5 Å². The molecule has 4 aromatic rings. The quantitative estimate of drug-likeness (QED) is 0.0211. The number of ether oxygens (including phenoxy) is 1. The Labute approximate surface area is 543 Å². The first kappa shape index (κ1) is 72.7. The summed E-state index contributed by atoms with van der Waals surface area (Å²) in [6.45, 7) is 1.79. The summed E-state index contributed by atoms with van der Waals surface area (Å²) in [6, 6.07) is 7.06. The Hall–Kier alpha value is -6.31. The number of aromatic nitrogens is 1. The van der Waals surface area contributed by atoms with Crippen LogP contribution in [0, 0.1) is 3.57 Å². The number of carboxylic acid groups (broad SMARTS) is 1. The van der Waals surface area contributed by atoms with E-state index in [-0.39, 0.29) is 56.6 Å². The number of phenols is 1. The molecule has 0 spiro atoms. The molecule has 2 aliphatic heterocycles. The number of carbonyl (C=O) groups is 9. The minimum atomic E-state index is -1.89. The van der Waals surface area contributed by atoms with Gasteiger partial charge in [-0.05, 0) is 97.1 Å². The lowest BCUT2D eigenvalue weighted by Gasteiger charge is -2.39. The summed E-state index contributed by atoms with van der Waals surface area (Å²) in [5.74, 6) is -10.3. The van der Waals surface area contributed by atoms with Gasteiger partial charge in [-0.2, -0.15) is 0 Å². The zero-order valence-electron chi connectivity index (χ0n) is 49.0. The Bertz CT molecular complexity index is 3120. The lowest BCUT2D eigenvalue weighted by Crippen LogP contribution is -2.62. The molecule has 15 atom stereocenters. The lowest BCUT2D eigenvalue weighted by molar-refractivity contribution is -0.205. The number of aliphatic hydroxyl groups excluding tert-OH is 6. The number of phenolic OH excluding ortho intramolecular Hbond substituents is 1. The highest BCUT2D eigenvalue weighted by molar-refractivity contribution is 14.1. The molecule has 28 nitrogen and oxygen atoms in total. The Morgan fingerprint density at radius 3 is 2.09 bits per heavy atom. The van der Waals surface area contributed by atoms with Gasteiger partial charge in [0.05, 0.1) is 22.4 Å². The second kappa shape index (κ2) is 35.5. The summed E-state index contributed by atoms with van der Waals surface area (Å²) in [6.07, 6.45) is -8.10. The van der Waals surface area contributed by atoms with Gasteiger partial charge in [-0.15, -0.1) is 11.8 Å². The van der Waals surface area contributed by atoms with Crippen molar-refractivity contribution in [2.24, 2.45) is 5.73 Å². The zero-order valence-corrected chi connectivity index (χ0v) is 53.6. The monoisotopic (exact) mass is 1420 g/mol. The SMILES string of the molecule is CC(O)[C@H](NC(=O)[C@@H]1CSSCC(NC(=O)C(Cc2ccccc2)NC(=O)CCS[C@@H]2OC(CO)[C@H](O)[C@H](O)C2O)C(=O)N[C@@H](Cc2ccc(O)c(I)c2)C(=O)N[C@H](Cc2c[nH]c3ccccc23)C(=O)N[C@@H](CCCCN)C(=O)N[C@@H](C(C)O)C(=O)N1)C(=O)O. The van der Waals surface area contributed by atoms with Gasteiger partial charge in [-0.3, -0.25) is 38.4 Å². The normalized spacial score (nSPS) is 25.6. The molecule has 3 heterocycles. The predicted molar refractivity (Wildman–Crippen MR) is 342 cm³/mol. The fourth-order valence-electron chi connectivity index (χ4n) is 9.66. The van der Waals surface area contributed by atoms with Crippen LogP contribution in [0.4, 0.5) is 0 Å². The summed E-state index contributed by atoms with van der Waals surface area (Å²) in [4.78, 5) is 132. The molecule has 0 radical (unpaired) electrons. The number of rotatable bonds is 23. The van der Waals surface area contributed by atoms with E-state index in [1.54, 1.807) is 66.9 Å². The molecule has 0 saturated carbocycles. The highest BCUT2D eigenvalue weighted by Gasteiger charge is 2.44. The first-order valence-electron chi connectivity index (χ1n) is 28.8. The first-order chi connectivity index (χ1) is 42.9. The highest BCUT2D eigenvalue weighted by Crippen LogP contribution is 2.30. The summed E-state index contributed by atoms with van der Waals surface area (Å²) < 4.78 is 5.94. The van der Waals surface area contributed by atoms with Gasteiger partial charge in [0.1, 0.15) is 77.9 Å². The molecule has 0 aliphatic carbocycles. The number of unbranched alkanes of at least 4 members (excludes halogenated alkanes) is 1. The van der Waals surface area contributed by atoms with Crippen molar-refractivity contribution in [3.8, 4) is 5.75 Å². The van der Waals surface area contributed by atoms with Crippen molar-refractivity contribution in [2.75, 3.05) is 30.4 Å². The van der Waals surface area contributed by atoms with Crippen molar-refractivity contribution in [3.63, 3.8) is 0 Å². The van der Waals surface area contributed by atoms with Crippen LogP contribution in [-0.2, 0) is 67.2 Å². The van der Waals surface area contributed by atoms with Crippen LogP contribution in [0.5, 0.6) is 5.75 Å². The molecule has 90 heavy (non-hydrogen) atoms. The molecule has 19 N–H and O–H groups in total. The average Bonchev–Trinajstić information content (AvgIpc) is 2.51. The molecular weight excluding hydrogens is 1350 g/mol. The topological polar surface area (TPSA) is 463 Å². The van der Waals surface area contributed by atoms with E-state index in [0.717, 1.165) is 40.3 Å². The van der Waals surface area contributed by atoms with Crippen molar-refractivity contribution in [2.45, 2.75) is 149 Å². The van der Waals surface area contributed by atoms with Crippen LogP contribution in [0.1, 0.15) is 56.2 Å². The van der Waals surface area contributed by atoms with Crippen molar-refractivity contribution in [1.82, 2.24) is 47.5 Å². The number of hydrogen-bond donors (Lipinski definition) is 18. The number of aliphatic hydroxyl groups is 6. The Kier molecular flexibility index (Phi) is 28.7. The maximum Gasteiger partial charge on any atom is 0.328 e. The molecule has 6 rings (SSSR count). The highest BCUT2D eigenvalue weighted by atomic mass is 127. The van der Waals surface area contributed by atoms with E-state index in [0.29, 0.717) is 37.6 Å². The van der Waals surface area contributed by atoms with Crippen LogP contribution in [0.15, 0.2) is 79.0 Å². The number of thioether (sulfide) groups is 1. The van der Waals surface area contributed by atoms with Gasteiger partial charge in [0.2, 0.25) is 47.3 Å². The Morgan fingerprint density at radius 2 is 1.42 bits per heavy atom. The largest absolute Gasteiger partial charge is 0.507 e. The number of para-hydroxylation sites is 1. The summed E-state index contributed by atoms with van der Waals surface area (Å²) >= 11 is 2.78. The number of amides is 8. The fraction of sp³-hybridized carbons (Fsp3) is 0.500. The smallest absolute Gasteiger partial charge is 0.328 e. The number of nitrogens with two attached hydrogens (primary N) is 1. The zero-order chi connectivity index (χ0) is 65.8. The van der Waals surface area contributed by atoms with Crippen molar-refractivity contribution in [1.29, 1.82) is 0 Å². The standard InChI is InChI=1S/C58H77IN10O18S3/c1-28(71)45-56(84)67-41(55(83)69-46(29(2)72)57(85)86)27-90-89-26-40(66-51(79)37(21-30-10-4-3-5-11-30)62-44(74)17-19-88-58-49(77)48(76)47(75)43(25-70)87-58)54(82)64-38(22-31-15-16-42(73)34(59)20-31)52(80)65-39(23-32-24-61-35-13-7-6-12-33(32)35)53(81)63-36(50(78)68-45)14-8-9-18-60/h3-7,10-13,15-16,20,24,28-29,36-41,43,45-49,58,61,70-73,75-77H,8-9,14,17-19,21-23,25-27,60H2,1-2H3,(H,62,74)(H,63,81)(H,64,82)(H,65,80)(H,66,79)(H,67,84)(H,68,78)(H,69,83)(H,85,86)/t28?,29?,36-,37?,38-,39+,40?,41-,43?,45-,46-,47-,48-,49?,58-/m0/s1. The van der Waals surface area contributed by atoms with Gasteiger partial charge in [0, 0.05) is 60.0 Å². The Morgan fingerprint density at radius 1 is 0.767 bits per heavy atom. The van der Waals surface area contributed by atoms with Gasteiger partial charge in [-0.1, -0.05) is 76.2 Å². The molecule has 1 aromatic heterocycles. The molecule has 3 aromatic carbocycles. The minimum absolute atomic E-state index is 0.0555. The molecule has 2 fully saturated rings. The van der Waals surface area contributed by atoms with Crippen molar-refractivity contribution < 1.29 is 88.7 Å². The maximum atomic E-state index is 15.1. The van der Waals surface area contributed by atoms with E-state index in [1.165, 1.54) is 19.1 Å². The lowest BCUT2D eigenvalue weighted by atomic mass is 10.0. The number of hydrogen-bond acceptors (Lipinski definition) is 21. The fourth-order valence-corrected chi connectivity index (χ4v) is 13.7. The van der Waals surface area contributed by atoms with Crippen LogP contribution in [0.3, 0.4) is 0 Å². The molecular formula is C58H77IN10O18S3. The van der Waals surface area contributed by atoms with Gasteiger partial charge in [0.25, 0.3) is 0 Å². The number of benzene rings is 3. The molecule has 2 saturated heterocycles. The third-order valence-corrected chi connectivity index (χ3v) is 19.2. The number of halogens is 1. The van der Waals surface area contributed by atoms with Gasteiger partial charge >= 0.3 is 5.97 Å². The van der Waals surface area contributed by atoms with Gasteiger partial charge in [0.15, 0.2) is 6.04 Å². The maximum absolute atomic E-state index is 15.1. The average molecular weight is 1430 g/mol. The van der Waals surface area contributed by atoms with E-state index in [9.17, 15) is 74.4 Å². The van der Waals surface area contributed by atoms with Gasteiger partial charge in [-0.25, -0.2) is 4.79 Å². The molecule has 32 heteroatoms. The number of carbonyl (C=O) groups excluding carboxylic acids is 8. The number of aromatic amines is 1. The third kappa shape index (κ3) is 21.1. The summed E-state index contributed by atoms with van der Waals surface area (Å²) in [5, 5.41) is 104. The summed E-state index contributed by atoms with van der Waals surface area (Å²) in [5.41, 5.74) is 6.87. The second-order valence-corrected chi connectivity index (χ2v) is 26.6. The first-order valence-corrected chi connectivity index (χ1v) is 33.4. The second-order valence-electron chi connectivity index (χ2n) is 21.6. The van der Waals surface area contributed by atoms with Crippen LogP contribution >= 0.6 is 55.9 Å². The van der Waals surface area contributed by atoms with Crippen LogP contribution in [0.25, 0.3) is 10.9 Å². The van der Waals surface area contributed by atoms with E-state index in [4.69, 9.17) is 10.5 Å². The van der Waals surface area contributed by atoms with E-state index in [1.807, 2.05) is 22.6 Å². The predicted octanol–water partition coefficient (Wildman–Crippen LogP) is -2.32. The molecule has 8 amide bonds. The van der Waals surface area contributed by atoms with Crippen LogP contribution in [0.2, 0.25) is 0 Å².